The average Bonchev–Trinajstić information content (AvgIpc) is 3.26. The van der Waals surface area contributed by atoms with Crippen LogP contribution in [0.3, 0.4) is 0 Å². The third-order valence-corrected chi connectivity index (χ3v) is 11.3. The summed E-state index contributed by atoms with van der Waals surface area (Å²) in [6.07, 6.45) is 11.7. The molecule has 2 aliphatic rings. The summed E-state index contributed by atoms with van der Waals surface area (Å²) in [4.78, 5) is 58.8. The van der Waals surface area contributed by atoms with E-state index in [1.54, 1.807) is 0 Å². The second kappa shape index (κ2) is 18.0. The molecule has 8 nitrogen and oxygen atoms in total. The Morgan fingerprint density at radius 3 is 1.12 bits per heavy atom. The summed E-state index contributed by atoms with van der Waals surface area (Å²) in [5.41, 5.74) is 8.94. The molecule has 8 rings (SSSR count). The molecule has 0 atom stereocenters. The van der Waals surface area contributed by atoms with E-state index in [1.165, 1.54) is 9.80 Å². The zero-order valence-corrected chi connectivity index (χ0v) is 35.4. The number of imide groups is 2. The summed E-state index contributed by atoms with van der Waals surface area (Å²) in [5, 5.41) is 3.40. The van der Waals surface area contributed by atoms with Crippen LogP contribution in [0.4, 0.5) is 11.4 Å². The lowest BCUT2D eigenvalue weighted by atomic mass is 9.91. The predicted molar refractivity (Wildman–Crippen MR) is 248 cm³/mol. The predicted octanol–water partition coefficient (Wildman–Crippen LogP) is 10.9. The molecule has 304 valence electrons. The van der Waals surface area contributed by atoms with Crippen molar-refractivity contribution in [3.05, 3.63) is 154 Å². The lowest BCUT2D eigenvalue weighted by molar-refractivity contribution is 0.0593. The average molecular weight is 797 g/mol. The highest BCUT2D eigenvalue weighted by molar-refractivity contribution is 6.27. The number of unbranched alkanes of at least 4 members (excludes halogenated alkanes) is 2. The maximum Gasteiger partial charge on any atom is 0.261 e. The number of anilines is 2. The Kier molecular flexibility index (Phi) is 12.4. The van der Waals surface area contributed by atoms with E-state index in [1.807, 2.05) is 101 Å². The fraction of sp³-hybridized carbons (Fsp3) is 0.231. The van der Waals surface area contributed by atoms with E-state index < -0.39 is 0 Å². The van der Waals surface area contributed by atoms with E-state index in [4.69, 9.17) is 0 Å². The molecule has 0 fully saturated rings. The molecule has 2 aliphatic heterocycles. The van der Waals surface area contributed by atoms with Crippen molar-refractivity contribution in [3.8, 4) is 0 Å². The van der Waals surface area contributed by atoms with Gasteiger partial charge in [-0.2, -0.15) is 0 Å². The normalized spacial score (nSPS) is 13.5. The van der Waals surface area contributed by atoms with Crippen molar-refractivity contribution in [2.24, 2.45) is 0 Å². The Labute approximate surface area is 353 Å². The molecule has 4 amide bonds. The second-order valence-corrected chi connectivity index (χ2v) is 15.7. The molecule has 0 radical (unpaired) electrons. The van der Waals surface area contributed by atoms with E-state index in [-0.39, 0.29) is 23.6 Å². The molecule has 6 aromatic rings. The van der Waals surface area contributed by atoms with E-state index in [0.29, 0.717) is 35.3 Å². The van der Waals surface area contributed by atoms with Gasteiger partial charge in [0.25, 0.3) is 23.6 Å². The maximum absolute atomic E-state index is 13.0. The minimum absolute atomic E-state index is 0.188. The monoisotopic (exact) mass is 796 g/mol. The Bertz CT molecular complexity index is 2430. The number of amides is 4. The minimum Gasteiger partial charge on any atom is -0.378 e. The van der Waals surface area contributed by atoms with Crippen molar-refractivity contribution in [2.75, 3.05) is 51.1 Å². The van der Waals surface area contributed by atoms with Gasteiger partial charge >= 0.3 is 0 Å². The Morgan fingerprint density at radius 2 is 0.783 bits per heavy atom. The summed E-state index contributed by atoms with van der Waals surface area (Å²) < 4.78 is 0. The topological polar surface area (TPSA) is 81.2 Å². The molecule has 0 unspecified atom stereocenters. The Hall–Kier alpha value is -6.80. The van der Waals surface area contributed by atoms with Crippen LogP contribution in [0, 0.1) is 0 Å². The number of hydrogen-bond acceptors (Lipinski definition) is 6. The zero-order valence-electron chi connectivity index (χ0n) is 35.4. The Balaban J connectivity index is 0.000000181. The fourth-order valence-corrected chi connectivity index (χ4v) is 7.81. The number of carbonyl (C=O) groups is 4. The number of benzene rings is 6. The number of rotatable bonds is 12. The van der Waals surface area contributed by atoms with Gasteiger partial charge in [-0.15, -0.1) is 0 Å². The summed E-state index contributed by atoms with van der Waals surface area (Å²) in [6, 6.07) is 35.7. The smallest absolute Gasteiger partial charge is 0.261 e. The van der Waals surface area contributed by atoms with Crippen LogP contribution in [0.5, 0.6) is 0 Å². The fourth-order valence-electron chi connectivity index (χ4n) is 7.81. The molecule has 6 aromatic carbocycles. The van der Waals surface area contributed by atoms with Gasteiger partial charge in [-0.3, -0.25) is 29.0 Å². The van der Waals surface area contributed by atoms with Crippen molar-refractivity contribution in [1.29, 1.82) is 0 Å². The van der Waals surface area contributed by atoms with Gasteiger partial charge in [0.15, 0.2) is 0 Å². The van der Waals surface area contributed by atoms with Gasteiger partial charge in [-0.05, 0) is 94.4 Å². The van der Waals surface area contributed by atoms with Crippen LogP contribution in [0.15, 0.2) is 109 Å². The minimum atomic E-state index is -0.188. The van der Waals surface area contributed by atoms with Gasteiger partial charge in [-0.25, -0.2) is 0 Å². The van der Waals surface area contributed by atoms with Crippen molar-refractivity contribution >= 4 is 80.9 Å². The maximum atomic E-state index is 13.0. The summed E-state index contributed by atoms with van der Waals surface area (Å²) in [7, 11) is 8.08. The number of carbonyl (C=O) groups excluding carboxylic acids is 4. The van der Waals surface area contributed by atoms with Crippen molar-refractivity contribution in [3.63, 3.8) is 0 Å². The lowest BCUT2D eigenvalue weighted by Gasteiger charge is -2.27. The molecule has 2 heterocycles. The van der Waals surface area contributed by atoms with Crippen LogP contribution >= 0.6 is 0 Å². The summed E-state index contributed by atoms with van der Waals surface area (Å²) in [5.74, 6) is -0.752. The van der Waals surface area contributed by atoms with E-state index in [9.17, 15) is 19.2 Å². The van der Waals surface area contributed by atoms with Crippen molar-refractivity contribution in [1.82, 2.24) is 9.80 Å². The summed E-state index contributed by atoms with van der Waals surface area (Å²) in [6.45, 7) is 5.05. The highest BCUT2D eigenvalue weighted by Crippen LogP contribution is 2.35. The highest BCUT2D eigenvalue weighted by atomic mass is 16.2. The van der Waals surface area contributed by atoms with E-state index in [0.717, 1.165) is 80.9 Å². The van der Waals surface area contributed by atoms with Gasteiger partial charge in [0.1, 0.15) is 0 Å². The van der Waals surface area contributed by atoms with Gasteiger partial charge in [-0.1, -0.05) is 112 Å². The molecule has 0 saturated carbocycles. The molecule has 0 aromatic heterocycles. The lowest BCUT2D eigenvalue weighted by Crippen LogP contribution is -2.40. The quantitative estimate of drug-likeness (QED) is 0.0906. The first kappa shape index (κ1) is 41.4. The standard InChI is InChI=1S/2C26H26N2O2/c2*1-4-5-17-28-25(29)22-8-6-7-21-19(13-16-23(24(21)22)26(28)30)12-9-18-10-14-20(15-11-18)27(2)3/h2*6-16H,4-5,17H2,1-3H3/b2*12-9+. The second-order valence-electron chi connectivity index (χ2n) is 15.7. The third kappa shape index (κ3) is 8.23. The first-order chi connectivity index (χ1) is 29.0. The van der Waals surface area contributed by atoms with Gasteiger partial charge in [0.05, 0.1) is 0 Å². The van der Waals surface area contributed by atoms with Crippen molar-refractivity contribution < 1.29 is 19.2 Å². The molecule has 0 saturated heterocycles. The molecular formula is C52H52N4O4. The number of hydrogen-bond donors (Lipinski definition) is 0. The summed E-state index contributed by atoms with van der Waals surface area (Å²) >= 11 is 0. The van der Waals surface area contributed by atoms with Crippen LogP contribution in [-0.2, 0) is 0 Å². The van der Waals surface area contributed by atoms with Gasteiger partial charge < -0.3 is 9.80 Å². The molecule has 0 N–H and O–H groups in total. The largest absolute Gasteiger partial charge is 0.378 e. The van der Waals surface area contributed by atoms with Gasteiger partial charge in [0.2, 0.25) is 0 Å². The van der Waals surface area contributed by atoms with Crippen LogP contribution < -0.4 is 9.80 Å². The Morgan fingerprint density at radius 1 is 0.433 bits per heavy atom. The van der Waals surface area contributed by atoms with Crippen LogP contribution in [-0.4, -0.2) is 74.7 Å². The first-order valence-corrected chi connectivity index (χ1v) is 20.8. The van der Waals surface area contributed by atoms with Crippen LogP contribution in [0.1, 0.15) is 103 Å². The molecule has 8 heteroatoms. The molecule has 60 heavy (non-hydrogen) atoms. The zero-order chi connectivity index (χ0) is 42.5. The van der Waals surface area contributed by atoms with Crippen LogP contribution in [0.25, 0.3) is 45.8 Å². The third-order valence-electron chi connectivity index (χ3n) is 11.3. The molecule has 0 aliphatic carbocycles. The van der Waals surface area contributed by atoms with Gasteiger partial charge in [0, 0.05) is 85.7 Å². The molecular weight excluding hydrogens is 745 g/mol. The SMILES string of the molecule is CCCCN1C(=O)c2cccc3c(/C=C/c4ccc(N(C)C)cc4)ccc(c23)C1=O.CCCCN1C(=O)c2cccc3c(/C=C/c4ccc(N(C)C)cc4)ccc(c23)C1=O. The first-order valence-electron chi connectivity index (χ1n) is 20.8. The van der Waals surface area contributed by atoms with Crippen LogP contribution in [0.2, 0.25) is 0 Å². The van der Waals surface area contributed by atoms with Crippen molar-refractivity contribution in [2.45, 2.75) is 39.5 Å². The highest BCUT2D eigenvalue weighted by Gasteiger charge is 2.34. The number of nitrogens with zero attached hydrogens (tertiary/aromatic N) is 4. The molecule has 0 spiro atoms. The van der Waals surface area contributed by atoms with E-state index in [2.05, 4.69) is 84.3 Å². The molecule has 0 bridgehead atoms. The van der Waals surface area contributed by atoms with E-state index >= 15 is 0 Å².